The van der Waals surface area contributed by atoms with Crippen LogP contribution in [0.15, 0.2) is 4.47 Å². The van der Waals surface area contributed by atoms with Crippen LogP contribution < -0.4 is 0 Å². The van der Waals surface area contributed by atoms with E-state index >= 15 is 0 Å². The smallest absolute Gasteiger partial charge is 0.139 e. The summed E-state index contributed by atoms with van der Waals surface area (Å²) in [6, 6.07) is 1.20. The summed E-state index contributed by atoms with van der Waals surface area (Å²) in [6.07, 6.45) is 0. The average Bonchev–Trinajstić information content (AvgIpc) is 2.48. The molecule has 1 rings (SSSR count). The van der Waals surface area contributed by atoms with Crippen molar-refractivity contribution in [3.05, 3.63) is 15.9 Å². The lowest BCUT2D eigenvalue weighted by Crippen LogP contribution is -2.22. The molecule has 0 atom stereocenters. The molecule has 0 aliphatic heterocycles. The second kappa shape index (κ2) is 6.35. The first kappa shape index (κ1) is 15.9. The highest BCUT2D eigenvalue weighted by Crippen LogP contribution is 2.27. The molecule has 0 spiro atoms. The molecule has 3 nitrogen and oxygen atoms in total. The summed E-state index contributed by atoms with van der Waals surface area (Å²) in [5.41, 5.74) is 2.26. The fraction of sp³-hybridized carbons (Fsp3) is 0.769. The summed E-state index contributed by atoms with van der Waals surface area (Å²) >= 11 is 3.61. The van der Waals surface area contributed by atoms with Crippen molar-refractivity contribution in [1.82, 2.24) is 9.78 Å². The maximum atomic E-state index is 5.77. The van der Waals surface area contributed by atoms with Crippen LogP contribution in [0.1, 0.15) is 31.2 Å². The third kappa shape index (κ3) is 4.52. The lowest BCUT2D eigenvalue weighted by molar-refractivity contribution is 0.0757. The maximum absolute atomic E-state index is 5.77. The second-order valence-corrected chi connectivity index (χ2v) is 12.7. The summed E-state index contributed by atoms with van der Waals surface area (Å²) in [7, 11) is -1.00. The molecule has 18 heavy (non-hydrogen) atoms. The Bertz CT molecular complexity index is 396. The zero-order valence-corrected chi connectivity index (χ0v) is 15.0. The van der Waals surface area contributed by atoms with Crippen molar-refractivity contribution in [2.75, 3.05) is 6.61 Å². The van der Waals surface area contributed by atoms with Gasteiger partial charge in [0, 0.05) is 14.7 Å². The van der Waals surface area contributed by atoms with E-state index in [2.05, 4.69) is 54.5 Å². The fourth-order valence-electron chi connectivity index (χ4n) is 1.76. The van der Waals surface area contributed by atoms with E-state index in [9.17, 15) is 0 Å². The van der Waals surface area contributed by atoms with E-state index in [4.69, 9.17) is 4.74 Å². The van der Waals surface area contributed by atoms with Gasteiger partial charge in [0.05, 0.1) is 15.9 Å². The van der Waals surface area contributed by atoms with Crippen LogP contribution in [-0.4, -0.2) is 24.5 Å². The standard InChI is InChI=1S/C13H25BrN2OSi/c1-10(2)13-12(14)11(3)15-16(13)9-17-7-8-18(4,5)6/h10H,7-9H2,1-6H3. The number of aromatic nitrogens is 2. The second-order valence-electron chi connectivity index (χ2n) is 6.29. The van der Waals surface area contributed by atoms with E-state index < -0.39 is 8.07 Å². The van der Waals surface area contributed by atoms with E-state index in [0.717, 1.165) is 16.8 Å². The largest absolute Gasteiger partial charge is 0.360 e. The van der Waals surface area contributed by atoms with Gasteiger partial charge in [-0.25, -0.2) is 4.68 Å². The van der Waals surface area contributed by atoms with Crippen LogP contribution in [0.4, 0.5) is 0 Å². The van der Waals surface area contributed by atoms with Gasteiger partial charge in [-0.2, -0.15) is 5.10 Å². The van der Waals surface area contributed by atoms with E-state index in [1.165, 1.54) is 11.7 Å². The van der Waals surface area contributed by atoms with Gasteiger partial charge in [-0.15, -0.1) is 0 Å². The van der Waals surface area contributed by atoms with Crippen molar-refractivity contribution >= 4 is 24.0 Å². The number of aryl methyl sites for hydroxylation is 1. The zero-order valence-electron chi connectivity index (χ0n) is 12.4. The number of nitrogens with zero attached hydrogens (tertiary/aromatic N) is 2. The van der Waals surface area contributed by atoms with E-state index in [0.29, 0.717) is 12.6 Å². The predicted molar refractivity (Wildman–Crippen MR) is 82.9 cm³/mol. The minimum absolute atomic E-state index is 0.446. The Kier molecular flexibility index (Phi) is 5.61. The quantitative estimate of drug-likeness (QED) is 0.570. The van der Waals surface area contributed by atoms with Crippen molar-refractivity contribution < 1.29 is 4.74 Å². The average molecular weight is 333 g/mol. The minimum Gasteiger partial charge on any atom is -0.360 e. The first-order chi connectivity index (χ1) is 8.22. The molecule has 0 radical (unpaired) electrons. The fourth-order valence-corrected chi connectivity index (χ4v) is 3.26. The first-order valence-corrected chi connectivity index (χ1v) is 11.0. The summed E-state index contributed by atoms with van der Waals surface area (Å²) < 4.78 is 8.87. The number of ether oxygens (including phenoxy) is 1. The van der Waals surface area contributed by atoms with Gasteiger partial charge in [-0.05, 0) is 34.8 Å². The Morgan fingerprint density at radius 3 is 2.44 bits per heavy atom. The van der Waals surface area contributed by atoms with Gasteiger partial charge >= 0.3 is 0 Å². The van der Waals surface area contributed by atoms with Crippen molar-refractivity contribution in [3.63, 3.8) is 0 Å². The molecule has 0 N–H and O–H groups in total. The molecule has 0 fully saturated rings. The minimum atomic E-state index is -1.00. The maximum Gasteiger partial charge on any atom is 0.139 e. The molecular weight excluding hydrogens is 308 g/mol. The molecule has 1 heterocycles. The third-order valence-corrected chi connectivity index (χ3v) is 5.53. The van der Waals surface area contributed by atoms with E-state index in [1.807, 2.05) is 11.6 Å². The van der Waals surface area contributed by atoms with E-state index in [1.54, 1.807) is 0 Å². The monoisotopic (exact) mass is 332 g/mol. The van der Waals surface area contributed by atoms with Crippen LogP contribution in [0.2, 0.25) is 25.7 Å². The van der Waals surface area contributed by atoms with Crippen molar-refractivity contribution in [2.24, 2.45) is 0 Å². The summed E-state index contributed by atoms with van der Waals surface area (Å²) in [6.45, 7) is 14.9. The normalized spacial score (nSPS) is 12.4. The van der Waals surface area contributed by atoms with E-state index in [-0.39, 0.29) is 0 Å². The lowest BCUT2D eigenvalue weighted by atomic mass is 10.1. The number of rotatable bonds is 6. The number of hydrogen-bond acceptors (Lipinski definition) is 2. The van der Waals surface area contributed by atoms with Gasteiger partial charge in [0.1, 0.15) is 6.73 Å². The van der Waals surface area contributed by atoms with Crippen molar-refractivity contribution in [3.8, 4) is 0 Å². The van der Waals surface area contributed by atoms with Crippen LogP contribution in [0.3, 0.4) is 0 Å². The van der Waals surface area contributed by atoms with Crippen LogP contribution in [0.25, 0.3) is 0 Å². The van der Waals surface area contributed by atoms with Crippen LogP contribution in [0, 0.1) is 6.92 Å². The molecule has 104 valence electrons. The van der Waals surface area contributed by atoms with Gasteiger partial charge < -0.3 is 4.74 Å². The van der Waals surface area contributed by atoms with Gasteiger partial charge in [-0.1, -0.05) is 33.5 Å². The molecule has 1 aromatic rings. The molecule has 5 heteroatoms. The molecule has 0 saturated heterocycles. The molecule has 0 amide bonds. The molecule has 0 aliphatic rings. The number of hydrogen-bond donors (Lipinski definition) is 0. The molecule has 0 unspecified atom stereocenters. The highest BCUT2D eigenvalue weighted by molar-refractivity contribution is 9.10. The van der Waals surface area contributed by atoms with Crippen molar-refractivity contribution in [2.45, 2.75) is 59.1 Å². The molecule has 0 saturated carbocycles. The molecule has 0 bridgehead atoms. The van der Waals surface area contributed by atoms with Gasteiger partial charge in [0.2, 0.25) is 0 Å². The highest BCUT2D eigenvalue weighted by atomic mass is 79.9. The summed E-state index contributed by atoms with van der Waals surface area (Å²) in [4.78, 5) is 0. The van der Waals surface area contributed by atoms with Crippen LogP contribution in [0.5, 0.6) is 0 Å². The SMILES string of the molecule is Cc1nn(COCC[Si](C)(C)C)c(C(C)C)c1Br. The van der Waals surface area contributed by atoms with Gasteiger partial charge in [-0.3, -0.25) is 0 Å². The Morgan fingerprint density at radius 2 is 1.94 bits per heavy atom. The molecule has 1 aromatic heterocycles. The predicted octanol–water partition coefficient (Wildman–Crippen LogP) is 4.39. The summed E-state index contributed by atoms with van der Waals surface area (Å²) in [5, 5.41) is 4.52. The first-order valence-electron chi connectivity index (χ1n) is 6.53. The molecule has 0 aliphatic carbocycles. The molecule has 0 aromatic carbocycles. The number of halogens is 1. The highest BCUT2D eigenvalue weighted by Gasteiger charge is 2.16. The Hall–Kier alpha value is -0.133. The van der Waals surface area contributed by atoms with Crippen molar-refractivity contribution in [1.29, 1.82) is 0 Å². The zero-order chi connectivity index (χ0) is 13.9. The van der Waals surface area contributed by atoms with Gasteiger partial charge in [0.25, 0.3) is 0 Å². The Morgan fingerprint density at radius 1 is 1.33 bits per heavy atom. The molecular formula is C13H25BrN2OSi. The Balaban J connectivity index is 2.60. The Labute approximate surface area is 120 Å². The van der Waals surface area contributed by atoms with Crippen LogP contribution >= 0.6 is 15.9 Å². The topological polar surface area (TPSA) is 27.1 Å². The third-order valence-electron chi connectivity index (χ3n) is 2.85. The summed E-state index contributed by atoms with van der Waals surface area (Å²) in [5.74, 6) is 0.446. The lowest BCUT2D eigenvalue weighted by Gasteiger charge is -2.16. The van der Waals surface area contributed by atoms with Crippen LogP contribution in [-0.2, 0) is 11.5 Å². The van der Waals surface area contributed by atoms with Gasteiger partial charge in [0.15, 0.2) is 0 Å².